The maximum absolute atomic E-state index is 9.41. The van der Waals surface area contributed by atoms with E-state index in [9.17, 15) is 5.26 Å². The molecule has 0 saturated carbocycles. The Morgan fingerprint density at radius 2 is 0.831 bits per heavy atom. The molecule has 0 spiro atoms. The van der Waals surface area contributed by atoms with Crippen LogP contribution in [0, 0.1) is 34.0 Å². The zero-order chi connectivity index (χ0) is 67.7. The van der Waals surface area contributed by atoms with Gasteiger partial charge in [0.05, 0.1) is 34.3 Å². The molecule has 0 aliphatic rings. The summed E-state index contributed by atoms with van der Waals surface area (Å²) in [4.78, 5) is 35.5. The van der Waals surface area contributed by atoms with E-state index in [-0.39, 0.29) is 36.3 Å². The molecule has 0 aliphatic carbocycles. The third kappa shape index (κ3) is 30.9. The van der Waals surface area contributed by atoms with E-state index >= 15 is 0 Å². The minimum atomic E-state index is -1.87. The summed E-state index contributed by atoms with van der Waals surface area (Å²) < 4.78 is 21.1. The number of pyridine rings is 5. The van der Waals surface area contributed by atoms with E-state index in [1.165, 1.54) is 4.44 Å². The van der Waals surface area contributed by atoms with Crippen LogP contribution >= 0.6 is 46.4 Å². The van der Waals surface area contributed by atoms with E-state index in [0.717, 1.165) is 65.4 Å². The molecule has 11 nitrogen and oxygen atoms in total. The van der Waals surface area contributed by atoms with Crippen molar-refractivity contribution in [3.05, 3.63) is 169 Å². The topological polar surface area (TPSA) is 164 Å². The molecule has 5 heterocycles. The molecule has 0 N–H and O–H groups in total. The Kier molecular flexibility index (Phi) is 35.7. The van der Waals surface area contributed by atoms with E-state index in [2.05, 4.69) is 187 Å². The number of hydrogen-bond acceptors (Lipinski definition) is 11. The third-order valence-electron chi connectivity index (χ3n) is 14.8. The van der Waals surface area contributed by atoms with Gasteiger partial charge in [-0.15, -0.1) is 11.6 Å². The number of nitriles is 3. The van der Waals surface area contributed by atoms with Gasteiger partial charge >= 0.3 is 210 Å². The number of hydrogen-bond donors (Lipinski definition) is 0. The zero-order valence-corrected chi connectivity index (χ0v) is 71.6. The van der Waals surface area contributed by atoms with E-state index in [1.54, 1.807) is 24.5 Å². The number of rotatable bonds is 15. The monoisotopic (exact) mass is 1660 g/mol. The van der Waals surface area contributed by atoms with Crippen molar-refractivity contribution >= 4 is 154 Å². The normalized spacial score (nSPS) is 11.7. The Balaban J connectivity index is 0.000000400. The molecule has 7 rings (SSSR count). The first kappa shape index (κ1) is 82.4. The van der Waals surface area contributed by atoms with E-state index < -0.39 is 64.5 Å². The summed E-state index contributed by atoms with van der Waals surface area (Å²) in [6, 6.07) is 33.5. The van der Waals surface area contributed by atoms with Gasteiger partial charge in [-0.3, -0.25) is 9.97 Å². The van der Waals surface area contributed by atoms with Gasteiger partial charge in [0.1, 0.15) is 28.7 Å². The second-order valence-electron chi connectivity index (χ2n) is 27.3. The van der Waals surface area contributed by atoms with Gasteiger partial charge in [-0.2, -0.15) is 10.5 Å². The number of nitrogens with zero attached hydrogens (tertiary/aromatic N) is 8. The van der Waals surface area contributed by atoms with Gasteiger partial charge in [-0.05, 0) is 119 Å². The van der Waals surface area contributed by atoms with Crippen LogP contribution in [0.1, 0.15) is 126 Å². The average Bonchev–Trinajstić information content (AvgIpc) is 3.55. The SMILES string of the molecule is CC(C)(C)[Si](C)(C)OCc1cc(C#N)nc(Cc2ccc3ncc(Cl)cc3c2)c1.CC(C)(C)[Si](C)(C)OCc1cc(Cl)nc(C#N)c1.C[CH2][Sn][CH2]c1cc(CO[Si](C)(C)C(C)(C)C)cc(C#N)n1.ClCc1ccc2ncc(Cl)cc2c1.[CH3][Sn]([CH3])[CH3].[CH3][Sn]([CH3])[CH3]. The average molecular weight is 1660 g/mol. The molecule has 0 saturated heterocycles. The number of alkyl halides is 1. The first-order valence-corrected chi connectivity index (χ1v) is 61.4. The van der Waals surface area contributed by atoms with Gasteiger partial charge in [0.15, 0.2) is 16.6 Å². The summed E-state index contributed by atoms with van der Waals surface area (Å²) in [5.41, 5.74) is 10.2. The van der Waals surface area contributed by atoms with E-state index in [1.807, 2.05) is 66.7 Å². The summed E-state index contributed by atoms with van der Waals surface area (Å²) in [7, 11) is -5.40. The van der Waals surface area contributed by atoms with Gasteiger partial charge in [0, 0.05) is 41.2 Å². The van der Waals surface area contributed by atoms with Gasteiger partial charge < -0.3 is 8.85 Å². The Morgan fingerprint density at radius 1 is 0.483 bits per heavy atom. The second-order valence-corrected chi connectivity index (χ2v) is 64.9. The molecular weight excluding hydrogens is 1560 g/mol. The molecule has 7 aromatic rings. The van der Waals surface area contributed by atoms with E-state index in [4.69, 9.17) is 70.2 Å². The third-order valence-corrected chi connectivity index (χ3v) is 32.3. The van der Waals surface area contributed by atoms with Crippen molar-refractivity contribution in [2.75, 3.05) is 0 Å². The maximum atomic E-state index is 9.41. The van der Waals surface area contributed by atoms with Crippen LogP contribution in [0.15, 0.2) is 97.3 Å². The van der Waals surface area contributed by atoms with Crippen molar-refractivity contribution < 1.29 is 13.3 Å². The standard InChI is InChI=1S/C23H26ClN3OSi.C14H21N2OSi.C13H19ClN2OSi.C10H7Cl2N.C2H5.6CH3.3Sn/c1-23(2,3)29(4,5)28-15-17-10-20(27-21(11-17)13-25)9-16-6-7-22-18(8-16)12-19(24)14-26-22;1-11-7-12(8-13(9-15)16-11)10-17-18(5,6)14(2,3)4;1-13(2,3)18(4,5)17-9-10-6-11(8-15)16-12(14)7-10;11-5-7-1-2-10-8(3-7)4-9(12)6-13-10;1-2;;;;;;;;;/h6-8,10-12,14H,9,15H2,1-5H3;7-8H,1,10H2,2-6H3;6-7H,9H2,1-5H3;1-4,6H,5H2;1H2,2H3;6*1H3;;;. The fourth-order valence-corrected chi connectivity index (χ4v) is 12.4. The van der Waals surface area contributed by atoms with E-state index in [0.29, 0.717) is 64.4 Å². The van der Waals surface area contributed by atoms with Crippen molar-refractivity contribution in [2.24, 2.45) is 0 Å². The Bertz CT molecular complexity index is 3490. The molecule has 0 bridgehead atoms. The Morgan fingerprint density at radius 3 is 1.20 bits per heavy atom. The number of benzene rings is 2. The molecule has 0 atom stereocenters. The molecule has 4 radical (unpaired) electrons. The summed E-state index contributed by atoms with van der Waals surface area (Å²) >= 11 is 22.0. The van der Waals surface area contributed by atoms with Crippen LogP contribution in [-0.2, 0) is 49.8 Å². The van der Waals surface area contributed by atoms with Crippen LogP contribution in [0.4, 0.5) is 0 Å². The van der Waals surface area contributed by atoms with Crippen LogP contribution in [0.5, 0.6) is 0 Å². The summed E-state index contributed by atoms with van der Waals surface area (Å²) in [5.74, 6) is 0.516. The molecule has 0 fully saturated rings. The molecule has 21 heteroatoms. The molecule has 0 amide bonds. The number of halogens is 4. The predicted molar refractivity (Wildman–Crippen MR) is 390 cm³/mol. The van der Waals surface area contributed by atoms with Crippen LogP contribution in [-0.4, -0.2) is 111 Å². The molecule has 2 aromatic carbocycles. The summed E-state index contributed by atoms with van der Waals surface area (Å²) in [5, 5.41) is 31.5. The van der Waals surface area contributed by atoms with Crippen molar-refractivity contribution in [1.82, 2.24) is 24.9 Å². The second kappa shape index (κ2) is 38.6. The van der Waals surface area contributed by atoms with Crippen LogP contribution in [0.2, 0.25) is 104 Å². The van der Waals surface area contributed by atoms with Crippen molar-refractivity contribution in [2.45, 2.75) is 194 Å². The Hall–Kier alpha value is -2.73. The van der Waals surface area contributed by atoms with Gasteiger partial charge in [-0.25, -0.2) is 9.97 Å². The van der Waals surface area contributed by atoms with Crippen LogP contribution < -0.4 is 0 Å². The van der Waals surface area contributed by atoms with Crippen molar-refractivity contribution in [3.8, 4) is 18.2 Å². The van der Waals surface area contributed by atoms with Gasteiger partial charge in [-0.1, -0.05) is 88.5 Å². The fourth-order valence-electron chi connectivity index (χ4n) is 6.86. The zero-order valence-electron chi connectivity index (χ0n) is 57.0. The molecule has 89 heavy (non-hydrogen) atoms. The molecule has 478 valence electrons. The summed E-state index contributed by atoms with van der Waals surface area (Å²) in [6.07, 6.45) is 3.92. The Labute approximate surface area is 582 Å². The first-order valence-electron chi connectivity index (χ1n) is 29.8. The van der Waals surface area contributed by atoms with Crippen molar-refractivity contribution in [1.29, 1.82) is 15.8 Å². The molecule has 0 aliphatic heterocycles. The van der Waals surface area contributed by atoms with Crippen LogP contribution in [0.3, 0.4) is 0 Å². The fraction of sp³-hybridized carbons (Fsp3) is 0.471. The molecule has 5 aromatic heterocycles. The van der Waals surface area contributed by atoms with Crippen LogP contribution in [0.25, 0.3) is 21.8 Å². The quantitative estimate of drug-likeness (QED) is 0.0545. The van der Waals surface area contributed by atoms with Gasteiger partial charge in [0.25, 0.3) is 0 Å². The predicted octanol–water partition coefficient (Wildman–Crippen LogP) is 20.9. The number of aromatic nitrogens is 5. The van der Waals surface area contributed by atoms with Gasteiger partial charge in [0.2, 0.25) is 0 Å². The first-order chi connectivity index (χ1) is 41.2. The molecular formula is C68H96Cl4N8O3Si3Sn3. The minimum absolute atomic E-state index is 0.140. The summed E-state index contributed by atoms with van der Waals surface area (Å²) in [6.45, 7) is 37.1. The molecule has 0 unspecified atom stereocenters. The van der Waals surface area contributed by atoms with Crippen molar-refractivity contribution in [3.63, 3.8) is 0 Å². The number of fused-ring (bicyclic) bond motifs is 2.